The van der Waals surface area contributed by atoms with E-state index in [1.807, 2.05) is 30.5 Å². The third kappa shape index (κ3) is 3.70. The van der Waals surface area contributed by atoms with Gasteiger partial charge in [-0.2, -0.15) is 0 Å². The van der Waals surface area contributed by atoms with Crippen molar-refractivity contribution in [2.24, 2.45) is 39.9 Å². The molecule has 0 unspecified atom stereocenters. The number of carbonyl (C=O) groups is 2. The van der Waals surface area contributed by atoms with Gasteiger partial charge < -0.3 is 10.1 Å². The van der Waals surface area contributed by atoms with Crippen LogP contribution in [0.15, 0.2) is 41.3 Å². The SMILES string of the molecule is C=C1CCC[C@@H]2[C@@](C)([C@@H]3C[C@]4(C)C[C@@H](C(=O)Nc5ccccc5SC)[C@@H]4C(=O)O3)[C@H](C)CC[C@@]12C. The summed E-state index contributed by atoms with van der Waals surface area (Å²) >= 11 is 1.61. The van der Waals surface area contributed by atoms with E-state index >= 15 is 0 Å². The van der Waals surface area contributed by atoms with Crippen molar-refractivity contribution in [1.29, 1.82) is 0 Å². The van der Waals surface area contributed by atoms with E-state index in [1.54, 1.807) is 11.8 Å². The normalized spacial score (nSPS) is 42.8. The minimum atomic E-state index is -0.351. The molecule has 3 saturated carbocycles. The lowest BCUT2D eigenvalue weighted by atomic mass is 9.43. The molecule has 4 aliphatic rings. The van der Waals surface area contributed by atoms with Gasteiger partial charge in [0, 0.05) is 10.3 Å². The first-order valence-corrected chi connectivity index (χ1v) is 14.6. The summed E-state index contributed by atoms with van der Waals surface area (Å²) in [6.07, 6.45) is 9.34. The van der Waals surface area contributed by atoms with Crippen LogP contribution in [0.2, 0.25) is 0 Å². The number of amides is 1. The summed E-state index contributed by atoms with van der Waals surface area (Å²) in [6.45, 7) is 13.9. The largest absolute Gasteiger partial charge is 0.461 e. The molecule has 1 heterocycles. The maximum Gasteiger partial charge on any atom is 0.310 e. The number of anilines is 1. The van der Waals surface area contributed by atoms with Crippen molar-refractivity contribution in [3.63, 3.8) is 0 Å². The first-order chi connectivity index (χ1) is 16.5. The van der Waals surface area contributed by atoms with Crippen LogP contribution in [0.5, 0.6) is 0 Å². The highest BCUT2D eigenvalue weighted by Gasteiger charge is 2.66. The lowest BCUT2D eigenvalue weighted by molar-refractivity contribution is -0.227. The second-order valence-electron chi connectivity index (χ2n) is 12.5. The Morgan fingerprint density at radius 2 is 1.91 bits per heavy atom. The number of ether oxygens (including phenoxy) is 1. The molecule has 5 rings (SSSR count). The Hall–Kier alpha value is -1.75. The monoisotopic (exact) mass is 495 g/mol. The zero-order valence-electron chi connectivity index (χ0n) is 22.0. The van der Waals surface area contributed by atoms with Crippen molar-refractivity contribution in [3.05, 3.63) is 36.4 Å². The summed E-state index contributed by atoms with van der Waals surface area (Å²) in [5.74, 6) is 0.0864. The Morgan fingerprint density at radius 3 is 2.63 bits per heavy atom. The second kappa shape index (κ2) is 8.68. The number of esters is 1. The molecule has 4 nitrogen and oxygen atoms in total. The molecule has 4 fully saturated rings. The molecule has 1 aromatic carbocycles. The van der Waals surface area contributed by atoms with Crippen LogP contribution in [-0.2, 0) is 14.3 Å². The van der Waals surface area contributed by atoms with E-state index < -0.39 is 0 Å². The highest BCUT2D eigenvalue weighted by atomic mass is 32.2. The molecule has 1 saturated heterocycles. The zero-order valence-corrected chi connectivity index (χ0v) is 22.8. The van der Waals surface area contributed by atoms with Gasteiger partial charge in [-0.3, -0.25) is 9.59 Å². The Kier molecular flexibility index (Phi) is 6.18. The van der Waals surface area contributed by atoms with Gasteiger partial charge in [0.2, 0.25) is 5.91 Å². The molecule has 35 heavy (non-hydrogen) atoms. The van der Waals surface area contributed by atoms with Gasteiger partial charge in [0.15, 0.2) is 0 Å². The molecule has 1 aromatic rings. The molecule has 8 atom stereocenters. The van der Waals surface area contributed by atoms with E-state index in [0.717, 1.165) is 36.3 Å². The van der Waals surface area contributed by atoms with Crippen LogP contribution in [0.4, 0.5) is 5.69 Å². The highest BCUT2D eigenvalue weighted by molar-refractivity contribution is 7.98. The van der Waals surface area contributed by atoms with Crippen LogP contribution >= 0.6 is 11.8 Å². The molecule has 1 aliphatic heterocycles. The molecular weight excluding hydrogens is 454 g/mol. The smallest absolute Gasteiger partial charge is 0.310 e. The van der Waals surface area contributed by atoms with Gasteiger partial charge >= 0.3 is 5.97 Å². The Labute approximate surface area is 215 Å². The molecule has 190 valence electrons. The minimum absolute atomic E-state index is 0.0576. The van der Waals surface area contributed by atoms with Crippen LogP contribution in [0.3, 0.4) is 0 Å². The van der Waals surface area contributed by atoms with E-state index in [4.69, 9.17) is 4.74 Å². The summed E-state index contributed by atoms with van der Waals surface area (Å²) in [7, 11) is 0. The van der Waals surface area contributed by atoms with Crippen molar-refractivity contribution in [3.8, 4) is 0 Å². The number of cyclic esters (lactones) is 1. The highest BCUT2D eigenvalue weighted by Crippen LogP contribution is 2.66. The number of carbonyl (C=O) groups excluding carboxylic acids is 2. The minimum Gasteiger partial charge on any atom is -0.461 e. The number of fused-ring (bicyclic) bond motifs is 2. The topological polar surface area (TPSA) is 55.4 Å². The van der Waals surface area contributed by atoms with Gasteiger partial charge in [-0.05, 0) is 86.0 Å². The third-order valence-corrected chi connectivity index (χ3v) is 11.7. The molecule has 0 bridgehead atoms. The summed E-state index contributed by atoms with van der Waals surface area (Å²) in [5.41, 5.74) is 2.11. The molecule has 0 radical (unpaired) electrons. The zero-order chi connectivity index (χ0) is 25.2. The fourth-order valence-corrected chi connectivity index (χ4v) is 8.96. The number of thioether (sulfide) groups is 1. The summed E-state index contributed by atoms with van der Waals surface area (Å²) < 4.78 is 6.35. The van der Waals surface area contributed by atoms with Crippen LogP contribution in [0, 0.1) is 39.9 Å². The van der Waals surface area contributed by atoms with E-state index in [-0.39, 0.29) is 46.1 Å². The molecular formula is C30H41NO3S. The van der Waals surface area contributed by atoms with Gasteiger partial charge in [-0.25, -0.2) is 0 Å². The molecule has 0 spiro atoms. The number of allylic oxidation sites excluding steroid dienone is 1. The van der Waals surface area contributed by atoms with Gasteiger partial charge in [0.25, 0.3) is 0 Å². The summed E-state index contributed by atoms with van der Waals surface area (Å²) in [5, 5.41) is 3.09. The van der Waals surface area contributed by atoms with E-state index in [2.05, 4.69) is 39.6 Å². The average Bonchev–Trinajstić information content (AvgIpc) is 2.81. The van der Waals surface area contributed by atoms with E-state index in [1.165, 1.54) is 24.8 Å². The van der Waals surface area contributed by atoms with Crippen molar-refractivity contribution in [2.75, 3.05) is 11.6 Å². The fraction of sp³-hybridized carbons (Fsp3) is 0.667. The number of benzene rings is 1. The van der Waals surface area contributed by atoms with Crippen molar-refractivity contribution in [1.82, 2.24) is 0 Å². The van der Waals surface area contributed by atoms with Gasteiger partial charge in [-0.15, -0.1) is 11.8 Å². The van der Waals surface area contributed by atoms with Crippen LogP contribution in [-0.4, -0.2) is 24.2 Å². The number of nitrogens with one attached hydrogen (secondary N) is 1. The van der Waals surface area contributed by atoms with Crippen molar-refractivity contribution in [2.45, 2.75) is 83.6 Å². The summed E-state index contributed by atoms with van der Waals surface area (Å²) in [6, 6.07) is 7.83. The molecule has 3 aliphatic carbocycles. The fourth-order valence-electron chi connectivity index (χ4n) is 8.41. The molecule has 0 aromatic heterocycles. The Morgan fingerprint density at radius 1 is 1.17 bits per heavy atom. The maximum absolute atomic E-state index is 13.5. The van der Waals surface area contributed by atoms with Crippen LogP contribution < -0.4 is 5.32 Å². The number of hydrogen-bond donors (Lipinski definition) is 1. The number of para-hydroxylation sites is 1. The van der Waals surface area contributed by atoms with E-state index in [9.17, 15) is 9.59 Å². The lowest BCUT2D eigenvalue weighted by Gasteiger charge is -2.64. The third-order valence-electron chi connectivity index (χ3n) is 10.9. The predicted octanol–water partition coefficient (Wildman–Crippen LogP) is 7.10. The Bertz CT molecular complexity index is 1050. The van der Waals surface area contributed by atoms with Crippen LogP contribution in [0.1, 0.15) is 72.6 Å². The van der Waals surface area contributed by atoms with Crippen molar-refractivity contribution >= 4 is 29.3 Å². The second-order valence-corrected chi connectivity index (χ2v) is 13.4. The first-order valence-electron chi connectivity index (χ1n) is 13.4. The maximum atomic E-state index is 13.5. The van der Waals surface area contributed by atoms with Crippen LogP contribution in [0.25, 0.3) is 0 Å². The molecule has 5 heteroatoms. The molecule has 1 amide bonds. The van der Waals surface area contributed by atoms with Gasteiger partial charge in [0.1, 0.15) is 6.10 Å². The average molecular weight is 496 g/mol. The summed E-state index contributed by atoms with van der Waals surface area (Å²) in [4.78, 5) is 27.8. The van der Waals surface area contributed by atoms with Gasteiger partial charge in [0.05, 0.1) is 17.5 Å². The number of hydrogen-bond acceptors (Lipinski definition) is 4. The number of rotatable bonds is 4. The Balaban J connectivity index is 1.36. The quantitative estimate of drug-likeness (QED) is 0.275. The molecule has 1 N–H and O–H groups in total. The van der Waals surface area contributed by atoms with Gasteiger partial charge in [-0.1, -0.05) is 52.0 Å². The standard InChI is InChI=1S/C30H41NO3S/c1-18-10-9-13-23-29(18,4)15-14-19(2)30(23,5)24-17-28(3)16-20(25(28)27(33)34-24)26(32)31-21-11-7-8-12-22(21)35-6/h7-8,11-12,19-20,23-25H,1,9-10,13-17H2,2-6H3,(H,31,32)/t19-,20-,23+,24+,25-,28+,29+,30+/m1/s1. The lowest BCUT2D eigenvalue weighted by Crippen LogP contribution is -2.65. The van der Waals surface area contributed by atoms with E-state index in [0.29, 0.717) is 11.8 Å². The van der Waals surface area contributed by atoms with Crippen molar-refractivity contribution < 1.29 is 14.3 Å². The predicted molar refractivity (Wildman–Crippen MR) is 142 cm³/mol. The first kappa shape index (κ1) is 24.9.